The van der Waals surface area contributed by atoms with Gasteiger partial charge < -0.3 is 4.74 Å². The molecule has 0 spiro atoms. The first-order valence-corrected chi connectivity index (χ1v) is 7.04. The van der Waals surface area contributed by atoms with Crippen LogP contribution < -0.4 is 0 Å². The van der Waals surface area contributed by atoms with Crippen molar-refractivity contribution in [2.75, 3.05) is 13.7 Å². The Labute approximate surface area is 108 Å². The van der Waals surface area contributed by atoms with Gasteiger partial charge in [-0.15, -0.1) is 0 Å². The fraction of sp³-hybridized carbons (Fsp3) is 1.00. The Bertz CT molecular complexity index is 229. The lowest BCUT2D eigenvalue weighted by atomic mass is 9.78. The van der Waals surface area contributed by atoms with E-state index in [2.05, 4.69) is 53.5 Å². The zero-order chi connectivity index (χ0) is 13.3. The number of ether oxygens (including phenoxy) is 1. The minimum atomic E-state index is 0.238. The highest BCUT2D eigenvalue weighted by Gasteiger charge is 2.43. The second-order valence-corrected chi connectivity index (χ2v) is 7.06. The van der Waals surface area contributed by atoms with Crippen molar-refractivity contribution in [2.24, 2.45) is 5.92 Å². The van der Waals surface area contributed by atoms with Crippen LogP contribution in [0.4, 0.5) is 0 Å². The monoisotopic (exact) mass is 241 g/mol. The van der Waals surface area contributed by atoms with Crippen LogP contribution in [0.3, 0.4) is 0 Å². The SMILES string of the molecule is CCC(C)COC1CC(C)(C)N(C)C(C)(C)C1. The molecule has 1 heterocycles. The second kappa shape index (κ2) is 5.27. The fourth-order valence-electron chi connectivity index (χ4n) is 2.82. The summed E-state index contributed by atoms with van der Waals surface area (Å²) >= 11 is 0. The first kappa shape index (κ1) is 15.0. The molecule has 2 nitrogen and oxygen atoms in total. The maximum absolute atomic E-state index is 6.13. The van der Waals surface area contributed by atoms with Crippen LogP contribution in [0.2, 0.25) is 0 Å². The van der Waals surface area contributed by atoms with Crippen LogP contribution in [0.15, 0.2) is 0 Å². The van der Waals surface area contributed by atoms with Crippen molar-refractivity contribution in [2.45, 2.75) is 78.0 Å². The van der Waals surface area contributed by atoms with Crippen molar-refractivity contribution >= 4 is 0 Å². The van der Waals surface area contributed by atoms with Gasteiger partial charge in [0, 0.05) is 17.7 Å². The molecule has 0 aliphatic carbocycles. The van der Waals surface area contributed by atoms with Crippen LogP contribution in [-0.4, -0.2) is 35.7 Å². The van der Waals surface area contributed by atoms with Crippen LogP contribution in [0.25, 0.3) is 0 Å². The molecule has 0 bridgehead atoms. The Hall–Kier alpha value is -0.0800. The molecular formula is C15H31NO. The average molecular weight is 241 g/mol. The highest BCUT2D eigenvalue weighted by molar-refractivity contribution is 4.98. The molecule has 17 heavy (non-hydrogen) atoms. The summed E-state index contributed by atoms with van der Waals surface area (Å²) in [6.45, 7) is 14.7. The van der Waals surface area contributed by atoms with Gasteiger partial charge in [-0.1, -0.05) is 20.3 Å². The summed E-state index contributed by atoms with van der Waals surface area (Å²) in [5, 5.41) is 0. The van der Waals surface area contributed by atoms with Crippen molar-refractivity contribution in [3.05, 3.63) is 0 Å². The lowest BCUT2D eigenvalue weighted by Gasteiger charge is -2.53. The zero-order valence-electron chi connectivity index (χ0n) is 12.8. The molecule has 0 aromatic rings. The van der Waals surface area contributed by atoms with Crippen LogP contribution in [0.5, 0.6) is 0 Å². The Morgan fingerprint density at radius 1 is 1.18 bits per heavy atom. The van der Waals surface area contributed by atoms with Crippen molar-refractivity contribution in [1.82, 2.24) is 4.90 Å². The second-order valence-electron chi connectivity index (χ2n) is 7.06. The van der Waals surface area contributed by atoms with Crippen LogP contribution in [0, 0.1) is 5.92 Å². The highest BCUT2D eigenvalue weighted by Crippen LogP contribution is 2.38. The topological polar surface area (TPSA) is 12.5 Å². The predicted octanol–water partition coefficient (Wildman–Crippen LogP) is 3.70. The third-order valence-corrected chi connectivity index (χ3v) is 4.58. The molecule has 0 N–H and O–H groups in total. The number of hydrogen-bond donors (Lipinski definition) is 0. The molecule has 102 valence electrons. The summed E-state index contributed by atoms with van der Waals surface area (Å²) in [4.78, 5) is 2.50. The number of likely N-dealkylation sites (tertiary alicyclic amines) is 1. The van der Waals surface area contributed by atoms with Crippen LogP contribution >= 0.6 is 0 Å². The molecule has 1 rings (SSSR count). The number of piperidine rings is 1. The van der Waals surface area contributed by atoms with E-state index in [1.54, 1.807) is 0 Å². The van der Waals surface area contributed by atoms with Gasteiger partial charge >= 0.3 is 0 Å². The van der Waals surface area contributed by atoms with E-state index < -0.39 is 0 Å². The van der Waals surface area contributed by atoms with E-state index in [0.717, 1.165) is 19.4 Å². The molecule has 2 heteroatoms. The highest BCUT2D eigenvalue weighted by atomic mass is 16.5. The molecule has 0 amide bonds. The van der Waals surface area contributed by atoms with E-state index >= 15 is 0 Å². The molecule has 0 saturated carbocycles. The van der Waals surface area contributed by atoms with E-state index in [1.807, 2.05) is 0 Å². The summed E-state index contributed by atoms with van der Waals surface area (Å²) in [5.74, 6) is 0.681. The van der Waals surface area contributed by atoms with Gasteiger partial charge in [0.25, 0.3) is 0 Å². The maximum Gasteiger partial charge on any atom is 0.0610 e. The van der Waals surface area contributed by atoms with Gasteiger partial charge in [0.15, 0.2) is 0 Å². The Morgan fingerprint density at radius 3 is 2.06 bits per heavy atom. The Balaban J connectivity index is 2.59. The molecule has 1 aliphatic rings. The van der Waals surface area contributed by atoms with Gasteiger partial charge in [-0.2, -0.15) is 0 Å². The standard InChI is InChI=1S/C15H31NO/c1-8-12(2)11-17-13-9-14(3,4)16(7)15(5,6)10-13/h12-13H,8-11H2,1-7H3. The summed E-state index contributed by atoms with van der Waals surface area (Å²) < 4.78 is 6.13. The van der Waals surface area contributed by atoms with Crippen molar-refractivity contribution in [1.29, 1.82) is 0 Å². The quantitative estimate of drug-likeness (QED) is 0.744. The van der Waals surface area contributed by atoms with Crippen LogP contribution in [-0.2, 0) is 4.74 Å². The summed E-state index contributed by atoms with van der Waals surface area (Å²) in [6, 6.07) is 0. The lowest BCUT2D eigenvalue weighted by molar-refractivity contribution is -0.0967. The minimum absolute atomic E-state index is 0.238. The smallest absolute Gasteiger partial charge is 0.0610 e. The molecule has 1 unspecified atom stereocenters. The van der Waals surface area contributed by atoms with E-state index in [0.29, 0.717) is 12.0 Å². The first-order valence-electron chi connectivity index (χ1n) is 7.04. The number of hydrogen-bond acceptors (Lipinski definition) is 2. The van der Waals surface area contributed by atoms with Gasteiger partial charge in [-0.05, 0) is 53.5 Å². The van der Waals surface area contributed by atoms with E-state index in [-0.39, 0.29) is 11.1 Å². The number of nitrogens with zero attached hydrogens (tertiary/aromatic N) is 1. The van der Waals surface area contributed by atoms with E-state index in [1.165, 1.54) is 6.42 Å². The largest absolute Gasteiger partial charge is 0.378 e. The van der Waals surface area contributed by atoms with Gasteiger partial charge in [0.1, 0.15) is 0 Å². The molecule has 0 radical (unpaired) electrons. The fourth-order valence-corrected chi connectivity index (χ4v) is 2.82. The minimum Gasteiger partial charge on any atom is -0.378 e. The first-order chi connectivity index (χ1) is 7.69. The predicted molar refractivity (Wildman–Crippen MR) is 74.4 cm³/mol. The molecular weight excluding hydrogens is 210 g/mol. The number of rotatable bonds is 4. The third-order valence-electron chi connectivity index (χ3n) is 4.58. The normalized spacial score (nSPS) is 27.0. The van der Waals surface area contributed by atoms with E-state index in [9.17, 15) is 0 Å². The van der Waals surface area contributed by atoms with Gasteiger partial charge in [0.05, 0.1) is 6.10 Å². The van der Waals surface area contributed by atoms with E-state index in [4.69, 9.17) is 4.74 Å². The van der Waals surface area contributed by atoms with Crippen molar-refractivity contribution in [3.8, 4) is 0 Å². The molecule has 1 saturated heterocycles. The van der Waals surface area contributed by atoms with Gasteiger partial charge in [-0.3, -0.25) is 4.90 Å². The summed E-state index contributed by atoms with van der Waals surface area (Å²) in [7, 11) is 2.24. The summed E-state index contributed by atoms with van der Waals surface area (Å²) in [6.07, 6.45) is 3.91. The van der Waals surface area contributed by atoms with Gasteiger partial charge in [-0.25, -0.2) is 0 Å². The summed E-state index contributed by atoms with van der Waals surface area (Å²) in [5.41, 5.74) is 0.476. The average Bonchev–Trinajstić information content (AvgIpc) is 2.21. The molecule has 1 fully saturated rings. The molecule has 0 aromatic heterocycles. The van der Waals surface area contributed by atoms with Crippen molar-refractivity contribution in [3.63, 3.8) is 0 Å². The zero-order valence-corrected chi connectivity index (χ0v) is 12.8. The molecule has 1 aliphatic heterocycles. The third kappa shape index (κ3) is 3.69. The van der Waals surface area contributed by atoms with Gasteiger partial charge in [0.2, 0.25) is 0 Å². The molecule has 1 atom stereocenters. The lowest BCUT2D eigenvalue weighted by Crippen LogP contribution is -2.60. The Morgan fingerprint density at radius 2 is 1.65 bits per heavy atom. The Kier molecular flexibility index (Phi) is 4.65. The van der Waals surface area contributed by atoms with Crippen molar-refractivity contribution < 1.29 is 4.74 Å². The maximum atomic E-state index is 6.13. The molecule has 0 aromatic carbocycles. The van der Waals surface area contributed by atoms with Crippen LogP contribution in [0.1, 0.15) is 60.8 Å².